The zero-order valence-electron chi connectivity index (χ0n) is 18.0. The number of halogens is 3. The summed E-state index contributed by atoms with van der Waals surface area (Å²) < 4.78 is 67.3. The van der Waals surface area contributed by atoms with Gasteiger partial charge in [-0.3, -0.25) is 4.79 Å². The number of hydrogen-bond acceptors (Lipinski definition) is 5. The lowest BCUT2D eigenvalue weighted by atomic mass is 10.1. The van der Waals surface area contributed by atoms with Gasteiger partial charge in [0.05, 0.1) is 16.1 Å². The van der Waals surface area contributed by atoms with E-state index in [-0.39, 0.29) is 21.8 Å². The molecule has 9 nitrogen and oxygen atoms in total. The quantitative estimate of drug-likeness (QED) is 0.525. The van der Waals surface area contributed by atoms with E-state index in [2.05, 4.69) is 10.4 Å². The third kappa shape index (κ3) is 4.91. The molecule has 0 aliphatic carbocycles. The molecule has 0 saturated carbocycles. The predicted molar refractivity (Wildman–Crippen MR) is 118 cm³/mol. The number of rotatable bonds is 6. The number of carbonyl (C=O) groups is 2. The molecule has 1 aromatic heterocycles. The Balaban J connectivity index is 1.66. The van der Waals surface area contributed by atoms with Gasteiger partial charge in [-0.25, -0.2) is 17.9 Å². The number of aromatic nitrogens is 2. The lowest BCUT2D eigenvalue weighted by Gasteiger charge is -2.15. The van der Waals surface area contributed by atoms with Gasteiger partial charge in [0, 0.05) is 24.8 Å². The first-order chi connectivity index (χ1) is 16.5. The van der Waals surface area contributed by atoms with Crippen LogP contribution in [0.5, 0.6) is 0 Å². The maximum Gasteiger partial charge on any atom is 0.435 e. The molecule has 184 valence electrons. The minimum absolute atomic E-state index is 0.0252. The maximum atomic E-state index is 13.3. The van der Waals surface area contributed by atoms with Crippen molar-refractivity contribution in [1.82, 2.24) is 14.1 Å². The van der Waals surface area contributed by atoms with Gasteiger partial charge in [-0.1, -0.05) is 12.1 Å². The minimum atomic E-state index is -4.88. The van der Waals surface area contributed by atoms with Gasteiger partial charge in [-0.15, -0.1) is 0 Å². The lowest BCUT2D eigenvalue weighted by molar-refractivity contribution is -0.141. The van der Waals surface area contributed by atoms with Crippen LogP contribution in [0.1, 0.15) is 39.4 Å². The van der Waals surface area contributed by atoms with E-state index >= 15 is 0 Å². The number of nitrogens with one attached hydrogen (secondary N) is 1. The van der Waals surface area contributed by atoms with Crippen LogP contribution in [0.25, 0.3) is 5.69 Å². The molecule has 1 fully saturated rings. The third-order valence-corrected chi connectivity index (χ3v) is 7.32. The number of amides is 1. The first-order valence-electron chi connectivity index (χ1n) is 10.4. The average Bonchev–Trinajstić information content (AvgIpc) is 3.50. The molecule has 13 heteroatoms. The smallest absolute Gasteiger partial charge is 0.435 e. The van der Waals surface area contributed by atoms with Crippen LogP contribution in [-0.2, 0) is 16.2 Å². The van der Waals surface area contributed by atoms with E-state index < -0.39 is 39.5 Å². The van der Waals surface area contributed by atoms with Gasteiger partial charge in [0.25, 0.3) is 5.91 Å². The van der Waals surface area contributed by atoms with Crippen molar-refractivity contribution in [2.24, 2.45) is 0 Å². The van der Waals surface area contributed by atoms with Crippen molar-refractivity contribution in [1.29, 1.82) is 0 Å². The Labute approximate surface area is 197 Å². The highest BCUT2D eigenvalue weighted by Crippen LogP contribution is 2.30. The molecule has 4 rings (SSSR count). The molecule has 0 radical (unpaired) electrons. The van der Waals surface area contributed by atoms with E-state index in [1.54, 1.807) is 0 Å². The molecule has 0 atom stereocenters. The number of anilines is 1. The summed E-state index contributed by atoms with van der Waals surface area (Å²) in [7, 11) is -3.68. The third-order valence-electron chi connectivity index (χ3n) is 5.41. The molecule has 1 aliphatic heterocycles. The molecule has 0 bridgehead atoms. The first kappa shape index (κ1) is 24.4. The van der Waals surface area contributed by atoms with E-state index in [9.17, 15) is 36.3 Å². The van der Waals surface area contributed by atoms with Gasteiger partial charge in [0.2, 0.25) is 10.0 Å². The molecule has 35 heavy (non-hydrogen) atoms. The summed E-state index contributed by atoms with van der Waals surface area (Å²) in [5.74, 6) is -2.41. The van der Waals surface area contributed by atoms with Crippen molar-refractivity contribution in [2.75, 3.05) is 18.4 Å². The molecule has 3 aromatic rings. The number of para-hydroxylation sites is 1. The molecule has 1 saturated heterocycles. The Kier molecular flexibility index (Phi) is 6.38. The summed E-state index contributed by atoms with van der Waals surface area (Å²) in [6, 6.07) is 10.9. The second-order valence-corrected chi connectivity index (χ2v) is 9.67. The van der Waals surface area contributed by atoms with E-state index in [4.69, 9.17) is 0 Å². The largest absolute Gasteiger partial charge is 0.478 e. The highest BCUT2D eigenvalue weighted by Gasteiger charge is 2.36. The summed E-state index contributed by atoms with van der Waals surface area (Å²) in [4.78, 5) is 24.5. The zero-order chi connectivity index (χ0) is 25.4. The van der Waals surface area contributed by atoms with E-state index in [1.165, 1.54) is 52.8 Å². The van der Waals surface area contributed by atoms with Crippen molar-refractivity contribution in [3.63, 3.8) is 0 Å². The Bertz CT molecular complexity index is 1380. The number of benzene rings is 2. The van der Waals surface area contributed by atoms with Crippen molar-refractivity contribution in [3.05, 3.63) is 71.5 Å². The Hall–Kier alpha value is -3.71. The van der Waals surface area contributed by atoms with Crippen molar-refractivity contribution < 1.29 is 36.3 Å². The SMILES string of the molecule is O=C(O)c1ccccc1-n1nc(C(F)(F)F)cc1C(=O)Nc1ccc(S(=O)(=O)N2CCCC2)cc1. The maximum absolute atomic E-state index is 13.3. The minimum Gasteiger partial charge on any atom is -0.478 e. The second kappa shape index (κ2) is 9.15. The molecule has 2 N–H and O–H groups in total. The molecule has 0 spiro atoms. The molecular weight excluding hydrogens is 489 g/mol. The number of alkyl halides is 3. The Morgan fingerprint density at radius 3 is 2.23 bits per heavy atom. The van der Waals surface area contributed by atoms with Crippen LogP contribution in [0.15, 0.2) is 59.5 Å². The fourth-order valence-corrected chi connectivity index (χ4v) is 5.20. The van der Waals surface area contributed by atoms with Crippen molar-refractivity contribution >= 4 is 27.6 Å². The van der Waals surface area contributed by atoms with Gasteiger partial charge in [0.1, 0.15) is 5.69 Å². The Morgan fingerprint density at radius 1 is 1.00 bits per heavy atom. The summed E-state index contributed by atoms with van der Waals surface area (Å²) in [6.45, 7) is 0.842. The number of nitrogens with zero attached hydrogens (tertiary/aromatic N) is 3. The highest BCUT2D eigenvalue weighted by atomic mass is 32.2. The van der Waals surface area contributed by atoms with Gasteiger partial charge < -0.3 is 10.4 Å². The number of carboxylic acid groups (broad SMARTS) is 1. The van der Waals surface area contributed by atoms with Gasteiger partial charge in [-0.2, -0.15) is 22.6 Å². The summed E-state index contributed by atoms with van der Waals surface area (Å²) >= 11 is 0. The summed E-state index contributed by atoms with van der Waals surface area (Å²) in [5, 5.41) is 15.2. The van der Waals surface area contributed by atoms with Gasteiger partial charge in [0.15, 0.2) is 5.69 Å². The summed E-state index contributed by atoms with van der Waals surface area (Å²) in [6.07, 6.45) is -3.35. The normalized spacial score (nSPS) is 14.7. The number of sulfonamides is 1. The second-order valence-electron chi connectivity index (χ2n) is 7.74. The molecule has 2 heterocycles. The van der Waals surface area contributed by atoms with Crippen LogP contribution in [0, 0.1) is 0 Å². The Morgan fingerprint density at radius 2 is 1.63 bits per heavy atom. The highest BCUT2D eigenvalue weighted by molar-refractivity contribution is 7.89. The number of hydrogen-bond donors (Lipinski definition) is 2. The van der Waals surface area contributed by atoms with Crippen LogP contribution in [-0.4, -0.2) is 52.6 Å². The van der Waals surface area contributed by atoms with Crippen LogP contribution >= 0.6 is 0 Å². The standard InChI is InChI=1S/C22H19F3N4O5S/c23-22(24,25)19-13-18(29(27-19)17-6-2-1-5-16(17)21(31)32)20(30)26-14-7-9-15(10-8-14)35(33,34)28-11-3-4-12-28/h1-2,5-10,13H,3-4,11-12H2,(H,26,30)(H,31,32). The van der Waals surface area contributed by atoms with Crippen LogP contribution < -0.4 is 5.32 Å². The molecule has 2 aromatic carbocycles. The van der Waals surface area contributed by atoms with E-state index in [0.29, 0.717) is 23.8 Å². The molecule has 1 amide bonds. The number of aromatic carboxylic acids is 1. The molecular formula is C22H19F3N4O5S. The van der Waals surface area contributed by atoms with Crippen molar-refractivity contribution in [2.45, 2.75) is 23.9 Å². The van der Waals surface area contributed by atoms with E-state index in [1.807, 2.05) is 0 Å². The number of carbonyl (C=O) groups excluding carboxylic acids is 1. The summed E-state index contributed by atoms with van der Waals surface area (Å²) in [5.41, 5.74) is -2.39. The van der Waals surface area contributed by atoms with Crippen LogP contribution in [0.4, 0.5) is 18.9 Å². The molecule has 1 aliphatic rings. The van der Waals surface area contributed by atoms with Gasteiger partial charge in [-0.05, 0) is 49.2 Å². The topological polar surface area (TPSA) is 122 Å². The van der Waals surface area contributed by atoms with E-state index in [0.717, 1.165) is 12.8 Å². The monoisotopic (exact) mass is 508 g/mol. The zero-order valence-corrected chi connectivity index (χ0v) is 18.8. The fraction of sp³-hybridized carbons (Fsp3) is 0.227. The van der Waals surface area contributed by atoms with Crippen LogP contribution in [0.2, 0.25) is 0 Å². The average molecular weight is 508 g/mol. The molecule has 0 unspecified atom stereocenters. The van der Waals surface area contributed by atoms with Crippen molar-refractivity contribution in [3.8, 4) is 5.69 Å². The fourth-order valence-electron chi connectivity index (χ4n) is 3.69. The van der Waals surface area contributed by atoms with Gasteiger partial charge >= 0.3 is 12.1 Å². The lowest BCUT2D eigenvalue weighted by Crippen LogP contribution is -2.27. The predicted octanol–water partition coefficient (Wildman–Crippen LogP) is 3.63. The van der Waals surface area contributed by atoms with Crippen LogP contribution in [0.3, 0.4) is 0 Å². The number of carboxylic acids is 1. The first-order valence-corrected chi connectivity index (χ1v) is 11.8.